The largest absolute Gasteiger partial charge is 0.398 e. The molecule has 0 spiro atoms. The number of rotatable bonds is 2. The van der Waals surface area contributed by atoms with Crippen molar-refractivity contribution in [2.75, 3.05) is 12.3 Å². The van der Waals surface area contributed by atoms with Crippen LogP contribution in [0.1, 0.15) is 30.1 Å². The van der Waals surface area contributed by atoms with Crippen LogP contribution < -0.4 is 11.1 Å². The van der Waals surface area contributed by atoms with Crippen molar-refractivity contribution in [1.29, 1.82) is 0 Å². The summed E-state index contributed by atoms with van der Waals surface area (Å²) in [5.41, 5.74) is 5.42. The molecule has 1 heterocycles. The van der Waals surface area contributed by atoms with Crippen LogP contribution in [0.3, 0.4) is 0 Å². The Morgan fingerprint density at radius 2 is 2.11 bits per heavy atom. The maximum absolute atomic E-state index is 13.1. The number of halogens is 2. The van der Waals surface area contributed by atoms with Gasteiger partial charge in [0.25, 0.3) is 5.91 Å². The van der Waals surface area contributed by atoms with Gasteiger partial charge in [-0.3, -0.25) is 4.79 Å². The van der Waals surface area contributed by atoms with E-state index in [1.165, 1.54) is 0 Å². The van der Waals surface area contributed by atoms with E-state index in [1.54, 1.807) is 0 Å². The Morgan fingerprint density at radius 1 is 1.42 bits per heavy atom. The predicted octanol–water partition coefficient (Wildman–Crippen LogP) is 1.84. The van der Waals surface area contributed by atoms with Crippen molar-refractivity contribution in [3.8, 4) is 0 Å². The highest BCUT2D eigenvalue weighted by molar-refractivity contribution is 5.99. The summed E-state index contributed by atoms with van der Waals surface area (Å²) in [5.74, 6) is -2.64. The van der Waals surface area contributed by atoms with E-state index in [9.17, 15) is 13.6 Å². The average molecular weight is 270 g/mol. The third-order valence-corrected chi connectivity index (χ3v) is 3.16. The standard InChI is InChI=1S/C13H16F2N2O2/c1-7-4-8(2-3-19-7)17-13(18)9-5-10(14)11(15)6-12(9)16/h5-8H,2-4,16H2,1H3,(H,17,18). The van der Waals surface area contributed by atoms with E-state index in [1.807, 2.05) is 6.92 Å². The smallest absolute Gasteiger partial charge is 0.253 e. The molecule has 19 heavy (non-hydrogen) atoms. The number of carbonyl (C=O) groups excluding carboxylic acids is 1. The molecule has 1 aliphatic rings. The number of carbonyl (C=O) groups is 1. The predicted molar refractivity (Wildman–Crippen MR) is 66.7 cm³/mol. The van der Waals surface area contributed by atoms with Crippen LogP contribution in [0.4, 0.5) is 14.5 Å². The molecule has 1 fully saturated rings. The minimum Gasteiger partial charge on any atom is -0.398 e. The molecule has 0 bridgehead atoms. The van der Waals surface area contributed by atoms with Crippen molar-refractivity contribution in [3.63, 3.8) is 0 Å². The van der Waals surface area contributed by atoms with Crippen LogP contribution >= 0.6 is 0 Å². The summed E-state index contributed by atoms with van der Waals surface area (Å²) in [4.78, 5) is 12.0. The third-order valence-electron chi connectivity index (χ3n) is 3.16. The van der Waals surface area contributed by atoms with E-state index < -0.39 is 17.5 Å². The summed E-state index contributed by atoms with van der Waals surface area (Å²) >= 11 is 0. The second-order valence-electron chi connectivity index (χ2n) is 4.73. The van der Waals surface area contributed by atoms with Gasteiger partial charge in [-0.2, -0.15) is 0 Å². The Morgan fingerprint density at radius 3 is 2.79 bits per heavy atom. The zero-order valence-electron chi connectivity index (χ0n) is 10.6. The van der Waals surface area contributed by atoms with Gasteiger partial charge in [0.15, 0.2) is 11.6 Å². The lowest BCUT2D eigenvalue weighted by Gasteiger charge is -2.28. The van der Waals surface area contributed by atoms with Crippen LogP contribution in [-0.4, -0.2) is 24.7 Å². The van der Waals surface area contributed by atoms with Gasteiger partial charge in [0.1, 0.15) is 0 Å². The molecule has 4 nitrogen and oxygen atoms in total. The summed E-state index contributed by atoms with van der Waals surface area (Å²) < 4.78 is 31.4. The number of benzene rings is 1. The monoisotopic (exact) mass is 270 g/mol. The van der Waals surface area contributed by atoms with Crippen LogP contribution in [0.25, 0.3) is 0 Å². The first-order chi connectivity index (χ1) is 8.97. The minimum atomic E-state index is -1.08. The van der Waals surface area contributed by atoms with Crippen LogP contribution in [0.15, 0.2) is 12.1 Å². The molecule has 3 N–H and O–H groups in total. The lowest BCUT2D eigenvalue weighted by atomic mass is 10.0. The maximum Gasteiger partial charge on any atom is 0.253 e. The Balaban J connectivity index is 2.09. The SMILES string of the molecule is CC1CC(NC(=O)c2cc(F)c(F)cc2N)CCO1. The highest BCUT2D eigenvalue weighted by Crippen LogP contribution is 2.19. The molecule has 1 amide bonds. The summed E-state index contributed by atoms with van der Waals surface area (Å²) in [5, 5.41) is 2.77. The number of nitrogen functional groups attached to an aromatic ring is 1. The first-order valence-corrected chi connectivity index (χ1v) is 6.14. The van der Waals surface area contributed by atoms with E-state index in [0.717, 1.165) is 12.1 Å². The number of anilines is 1. The van der Waals surface area contributed by atoms with Crippen molar-refractivity contribution >= 4 is 11.6 Å². The normalized spacial score (nSPS) is 23.1. The molecule has 104 valence electrons. The molecule has 1 saturated heterocycles. The zero-order valence-corrected chi connectivity index (χ0v) is 10.6. The Kier molecular flexibility index (Phi) is 3.99. The molecule has 0 aliphatic carbocycles. The first kappa shape index (κ1) is 13.7. The molecule has 1 aliphatic heterocycles. The van der Waals surface area contributed by atoms with E-state index in [2.05, 4.69) is 5.32 Å². The maximum atomic E-state index is 13.1. The fourth-order valence-electron chi connectivity index (χ4n) is 2.15. The van der Waals surface area contributed by atoms with E-state index >= 15 is 0 Å². The molecule has 0 saturated carbocycles. The van der Waals surface area contributed by atoms with E-state index in [4.69, 9.17) is 10.5 Å². The van der Waals surface area contributed by atoms with Gasteiger partial charge in [0.2, 0.25) is 0 Å². The van der Waals surface area contributed by atoms with Gasteiger partial charge in [-0.15, -0.1) is 0 Å². The summed E-state index contributed by atoms with van der Waals surface area (Å²) in [6, 6.07) is 1.60. The lowest BCUT2D eigenvalue weighted by molar-refractivity contribution is 0.0136. The molecular weight excluding hydrogens is 254 g/mol. The van der Waals surface area contributed by atoms with Gasteiger partial charge >= 0.3 is 0 Å². The topological polar surface area (TPSA) is 64.4 Å². The highest BCUT2D eigenvalue weighted by Gasteiger charge is 2.22. The number of hydrogen-bond donors (Lipinski definition) is 2. The van der Waals surface area contributed by atoms with Gasteiger partial charge in [0, 0.05) is 24.4 Å². The third kappa shape index (κ3) is 3.20. The van der Waals surface area contributed by atoms with E-state index in [-0.39, 0.29) is 23.4 Å². The Hall–Kier alpha value is -1.69. The quantitative estimate of drug-likeness (QED) is 0.806. The van der Waals surface area contributed by atoms with Gasteiger partial charge in [-0.05, 0) is 25.8 Å². The van der Waals surface area contributed by atoms with Crippen LogP contribution in [0, 0.1) is 11.6 Å². The second kappa shape index (κ2) is 5.52. The van der Waals surface area contributed by atoms with Crippen molar-refractivity contribution in [3.05, 3.63) is 29.3 Å². The molecule has 6 heteroatoms. The van der Waals surface area contributed by atoms with Crippen molar-refractivity contribution < 1.29 is 18.3 Å². The number of nitrogens with two attached hydrogens (primary N) is 1. The number of nitrogens with one attached hydrogen (secondary N) is 1. The average Bonchev–Trinajstić information content (AvgIpc) is 2.33. The van der Waals surface area contributed by atoms with Crippen LogP contribution in [0.2, 0.25) is 0 Å². The highest BCUT2D eigenvalue weighted by atomic mass is 19.2. The van der Waals surface area contributed by atoms with E-state index in [0.29, 0.717) is 19.4 Å². The molecule has 1 aromatic rings. The number of amides is 1. The molecule has 0 aromatic heterocycles. The molecular formula is C13H16F2N2O2. The number of hydrogen-bond acceptors (Lipinski definition) is 3. The lowest BCUT2D eigenvalue weighted by Crippen LogP contribution is -2.41. The fourth-order valence-corrected chi connectivity index (χ4v) is 2.15. The molecule has 0 radical (unpaired) electrons. The Labute approximate surface area is 109 Å². The summed E-state index contributed by atoms with van der Waals surface area (Å²) in [7, 11) is 0. The van der Waals surface area contributed by atoms with Gasteiger partial charge < -0.3 is 15.8 Å². The van der Waals surface area contributed by atoms with Gasteiger partial charge in [-0.1, -0.05) is 0 Å². The Bertz CT molecular complexity index is 494. The van der Waals surface area contributed by atoms with Gasteiger partial charge in [0.05, 0.1) is 11.7 Å². The first-order valence-electron chi connectivity index (χ1n) is 6.14. The molecule has 2 atom stereocenters. The zero-order chi connectivity index (χ0) is 14.0. The fraction of sp³-hybridized carbons (Fsp3) is 0.462. The van der Waals surface area contributed by atoms with Crippen molar-refractivity contribution in [1.82, 2.24) is 5.32 Å². The molecule has 2 unspecified atom stereocenters. The van der Waals surface area contributed by atoms with Crippen LogP contribution in [0.5, 0.6) is 0 Å². The van der Waals surface area contributed by atoms with Crippen LogP contribution in [-0.2, 0) is 4.74 Å². The molecule has 2 rings (SSSR count). The minimum absolute atomic E-state index is 0.0382. The van der Waals surface area contributed by atoms with Crippen molar-refractivity contribution in [2.24, 2.45) is 0 Å². The van der Waals surface area contributed by atoms with Crippen molar-refractivity contribution in [2.45, 2.75) is 31.9 Å². The molecule has 1 aromatic carbocycles. The number of ether oxygens (including phenoxy) is 1. The summed E-state index contributed by atoms with van der Waals surface area (Å²) in [6.45, 7) is 2.49. The summed E-state index contributed by atoms with van der Waals surface area (Å²) in [6.07, 6.45) is 1.45. The second-order valence-corrected chi connectivity index (χ2v) is 4.73. The van der Waals surface area contributed by atoms with Gasteiger partial charge in [-0.25, -0.2) is 8.78 Å².